The van der Waals surface area contributed by atoms with E-state index in [9.17, 15) is 14.4 Å². The molecule has 1 unspecified atom stereocenters. The molecule has 3 heterocycles. The van der Waals surface area contributed by atoms with Gasteiger partial charge in [0.25, 0.3) is 5.91 Å². The summed E-state index contributed by atoms with van der Waals surface area (Å²) in [5, 5.41) is 7.09. The number of hydrogen-bond donors (Lipinski definition) is 2. The molecule has 2 fully saturated rings. The minimum atomic E-state index is -0.576. The first-order valence-electron chi connectivity index (χ1n) is 14.9. The highest BCUT2D eigenvalue weighted by molar-refractivity contribution is 6.30. The van der Waals surface area contributed by atoms with Gasteiger partial charge >= 0.3 is 0 Å². The van der Waals surface area contributed by atoms with Gasteiger partial charge in [-0.1, -0.05) is 49.7 Å². The Hall–Kier alpha value is -3.16. The largest absolute Gasteiger partial charge is 0.385 e. The second-order valence-corrected chi connectivity index (χ2v) is 13.3. The predicted octanol–water partition coefficient (Wildman–Crippen LogP) is 5.28. The Kier molecular flexibility index (Phi) is 7.68. The van der Waals surface area contributed by atoms with E-state index >= 15 is 0 Å². The first kappa shape index (κ1) is 28.0. The molecule has 8 heteroatoms. The fraction of sp³-hybridized carbons (Fsp3) is 0.485. The van der Waals surface area contributed by atoms with Crippen LogP contribution in [0.2, 0.25) is 5.02 Å². The Labute approximate surface area is 247 Å². The summed E-state index contributed by atoms with van der Waals surface area (Å²) in [6, 6.07) is 14.2. The average Bonchev–Trinajstić information content (AvgIpc) is 3.26. The molecule has 216 valence electrons. The van der Waals surface area contributed by atoms with Crippen LogP contribution in [-0.2, 0) is 22.7 Å². The van der Waals surface area contributed by atoms with Crippen molar-refractivity contribution in [2.75, 3.05) is 13.1 Å². The SMILES string of the molecule is CC1(C)CCC(NC2CCN(Cc3ccc4c(c3)CN(C3CCC(=O)NC3=O)C4=O)CC2)=C(c2ccc(Cl)cc2)C1. The molecule has 0 spiro atoms. The maximum Gasteiger partial charge on any atom is 0.255 e. The van der Waals surface area contributed by atoms with E-state index in [4.69, 9.17) is 11.6 Å². The Balaban J connectivity index is 1.07. The highest BCUT2D eigenvalue weighted by atomic mass is 35.5. The molecule has 0 radical (unpaired) electrons. The van der Waals surface area contributed by atoms with E-state index in [1.807, 2.05) is 24.3 Å². The number of halogens is 1. The lowest BCUT2D eigenvalue weighted by Gasteiger charge is -2.38. The first-order chi connectivity index (χ1) is 19.6. The van der Waals surface area contributed by atoms with E-state index in [1.54, 1.807) is 4.90 Å². The van der Waals surface area contributed by atoms with Crippen LogP contribution in [0, 0.1) is 5.41 Å². The highest BCUT2D eigenvalue weighted by Crippen LogP contribution is 2.42. The monoisotopic (exact) mass is 574 g/mol. The Bertz CT molecular complexity index is 1390. The Morgan fingerprint density at radius 3 is 2.49 bits per heavy atom. The zero-order valence-electron chi connectivity index (χ0n) is 24.0. The summed E-state index contributed by atoms with van der Waals surface area (Å²) in [5.74, 6) is -0.753. The van der Waals surface area contributed by atoms with Gasteiger partial charge in [0.2, 0.25) is 11.8 Å². The third kappa shape index (κ3) is 6.07. The minimum absolute atomic E-state index is 0.119. The number of amides is 3. The summed E-state index contributed by atoms with van der Waals surface area (Å²) in [7, 11) is 0. The van der Waals surface area contributed by atoms with Crippen molar-refractivity contribution < 1.29 is 14.4 Å². The Morgan fingerprint density at radius 1 is 1.00 bits per heavy atom. The van der Waals surface area contributed by atoms with Crippen LogP contribution in [0.4, 0.5) is 0 Å². The van der Waals surface area contributed by atoms with Crippen molar-refractivity contribution in [1.29, 1.82) is 0 Å². The molecule has 1 aliphatic carbocycles. The summed E-state index contributed by atoms with van der Waals surface area (Å²) in [6.45, 7) is 8.02. The van der Waals surface area contributed by atoms with Gasteiger partial charge in [-0.3, -0.25) is 24.6 Å². The van der Waals surface area contributed by atoms with Gasteiger partial charge in [-0.15, -0.1) is 0 Å². The van der Waals surface area contributed by atoms with Crippen molar-refractivity contribution in [2.24, 2.45) is 5.41 Å². The first-order valence-corrected chi connectivity index (χ1v) is 15.3. The van der Waals surface area contributed by atoms with Crippen molar-refractivity contribution >= 4 is 34.9 Å². The van der Waals surface area contributed by atoms with Gasteiger partial charge in [0, 0.05) is 54.9 Å². The lowest BCUT2D eigenvalue weighted by molar-refractivity contribution is -0.136. The van der Waals surface area contributed by atoms with E-state index in [-0.39, 0.29) is 24.1 Å². The zero-order chi connectivity index (χ0) is 28.7. The molecule has 2 aromatic rings. The fourth-order valence-corrected chi connectivity index (χ4v) is 6.97. The molecule has 2 aromatic carbocycles. The number of piperidine rings is 2. The number of carbonyl (C=O) groups excluding carboxylic acids is 3. The molecule has 2 N–H and O–H groups in total. The standard InChI is InChI=1S/C33H39ClN4O3/c1-33(2)14-11-28(27(18-33)22-4-6-24(34)7-5-22)35-25-12-15-37(16-13-25)19-21-3-8-26-23(17-21)20-38(32(26)41)29-9-10-30(39)36-31(29)40/h3-8,17,25,29,35H,9-16,18-20H2,1-2H3,(H,36,39,40). The number of nitrogens with one attached hydrogen (secondary N) is 2. The van der Waals surface area contributed by atoms with Gasteiger partial charge in [-0.25, -0.2) is 0 Å². The van der Waals surface area contributed by atoms with Crippen LogP contribution in [0.3, 0.4) is 0 Å². The van der Waals surface area contributed by atoms with Crippen molar-refractivity contribution in [3.63, 3.8) is 0 Å². The molecule has 3 amide bonds. The maximum absolute atomic E-state index is 13.0. The summed E-state index contributed by atoms with van der Waals surface area (Å²) in [4.78, 5) is 41.0. The van der Waals surface area contributed by atoms with Gasteiger partial charge in [-0.2, -0.15) is 0 Å². The number of benzene rings is 2. The smallest absolute Gasteiger partial charge is 0.255 e. The van der Waals surface area contributed by atoms with Gasteiger partial charge in [0.15, 0.2) is 0 Å². The van der Waals surface area contributed by atoms with Crippen molar-refractivity contribution in [3.8, 4) is 0 Å². The van der Waals surface area contributed by atoms with Crippen LogP contribution in [0.25, 0.3) is 5.57 Å². The maximum atomic E-state index is 13.0. The predicted molar refractivity (Wildman–Crippen MR) is 160 cm³/mol. The van der Waals surface area contributed by atoms with Crippen molar-refractivity contribution in [3.05, 3.63) is 75.4 Å². The van der Waals surface area contributed by atoms with Crippen molar-refractivity contribution in [1.82, 2.24) is 20.4 Å². The number of nitrogens with zero attached hydrogens (tertiary/aromatic N) is 2. The minimum Gasteiger partial charge on any atom is -0.385 e. The van der Waals surface area contributed by atoms with E-state index in [1.165, 1.54) is 28.8 Å². The molecular formula is C33H39ClN4O3. The molecule has 1 atom stereocenters. The Morgan fingerprint density at radius 2 is 1.76 bits per heavy atom. The molecule has 6 rings (SSSR count). The molecule has 4 aliphatic rings. The summed E-state index contributed by atoms with van der Waals surface area (Å²) < 4.78 is 0. The van der Waals surface area contributed by atoms with E-state index in [0.717, 1.165) is 55.9 Å². The third-order valence-corrected chi connectivity index (χ3v) is 9.48. The highest BCUT2D eigenvalue weighted by Gasteiger charge is 2.39. The van der Waals surface area contributed by atoms with E-state index < -0.39 is 6.04 Å². The van der Waals surface area contributed by atoms with Crippen LogP contribution in [0.15, 0.2) is 48.2 Å². The van der Waals surface area contributed by atoms with Gasteiger partial charge in [-0.05, 0) is 84.4 Å². The number of rotatable bonds is 6. The molecule has 2 saturated heterocycles. The quantitative estimate of drug-likeness (QED) is 0.459. The lowest BCUT2D eigenvalue weighted by atomic mass is 9.74. The van der Waals surface area contributed by atoms with Crippen LogP contribution < -0.4 is 10.6 Å². The molecular weight excluding hydrogens is 536 g/mol. The molecule has 0 bridgehead atoms. The molecule has 3 aliphatic heterocycles. The number of carbonyl (C=O) groups is 3. The number of hydrogen-bond acceptors (Lipinski definition) is 5. The third-order valence-electron chi connectivity index (χ3n) is 9.22. The number of allylic oxidation sites excluding steroid dienone is 2. The van der Waals surface area contributed by atoms with Crippen LogP contribution >= 0.6 is 11.6 Å². The lowest BCUT2D eigenvalue weighted by Crippen LogP contribution is -2.52. The van der Waals surface area contributed by atoms with Gasteiger partial charge in [0.05, 0.1) is 0 Å². The molecule has 41 heavy (non-hydrogen) atoms. The number of imide groups is 1. The number of fused-ring (bicyclic) bond motifs is 1. The number of likely N-dealkylation sites (tertiary alicyclic amines) is 1. The normalized spacial score (nSPS) is 23.5. The van der Waals surface area contributed by atoms with Crippen LogP contribution in [0.5, 0.6) is 0 Å². The van der Waals surface area contributed by atoms with E-state index in [2.05, 4.69) is 47.6 Å². The fourth-order valence-electron chi connectivity index (χ4n) is 6.84. The van der Waals surface area contributed by atoms with Crippen LogP contribution in [0.1, 0.15) is 85.8 Å². The summed E-state index contributed by atoms with van der Waals surface area (Å²) in [6.07, 6.45) is 6.17. The molecule has 7 nitrogen and oxygen atoms in total. The van der Waals surface area contributed by atoms with Gasteiger partial charge < -0.3 is 10.2 Å². The van der Waals surface area contributed by atoms with Crippen molar-refractivity contribution in [2.45, 2.75) is 84.0 Å². The second-order valence-electron chi connectivity index (χ2n) is 12.9. The van der Waals surface area contributed by atoms with Gasteiger partial charge in [0.1, 0.15) is 6.04 Å². The average molecular weight is 575 g/mol. The summed E-state index contributed by atoms with van der Waals surface area (Å²) >= 11 is 6.17. The topological polar surface area (TPSA) is 81.8 Å². The molecule has 0 saturated carbocycles. The van der Waals surface area contributed by atoms with Crippen LogP contribution in [-0.4, -0.2) is 52.7 Å². The second kappa shape index (κ2) is 11.3. The summed E-state index contributed by atoms with van der Waals surface area (Å²) in [5.41, 5.74) is 7.22. The molecule has 0 aromatic heterocycles. The zero-order valence-corrected chi connectivity index (χ0v) is 24.7. The van der Waals surface area contributed by atoms with E-state index in [0.29, 0.717) is 30.0 Å².